The van der Waals surface area contributed by atoms with Crippen LogP contribution in [0.2, 0.25) is 0 Å². The average Bonchev–Trinajstić information content (AvgIpc) is 2.64. The van der Waals surface area contributed by atoms with E-state index in [1.165, 1.54) is 11.1 Å². The van der Waals surface area contributed by atoms with Crippen molar-refractivity contribution in [2.24, 2.45) is 5.73 Å². The van der Waals surface area contributed by atoms with Crippen molar-refractivity contribution in [3.63, 3.8) is 0 Å². The van der Waals surface area contributed by atoms with E-state index in [4.69, 9.17) is 10.2 Å². The van der Waals surface area contributed by atoms with Crippen molar-refractivity contribution < 1.29 is 4.42 Å². The smallest absolute Gasteiger partial charge is 0.211 e. The third-order valence-electron chi connectivity index (χ3n) is 2.42. The Balaban J connectivity index is 2.42. The fourth-order valence-corrected chi connectivity index (χ4v) is 1.75. The lowest BCUT2D eigenvalue weighted by Crippen LogP contribution is -2.04. The van der Waals surface area contributed by atoms with Crippen LogP contribution in [-0.2, 0) is 0 Å². The molecular weight excluding hydrogens is 200 g/mol. The average molecular weight is 216 g/mol. The lowest BCUT2D eigenvalue weighted by Gasteiger charge is -2.02. The summed E-state index contributed by atoms with van der Waals surface area (Å²) in [4.78, 5) is 4.16. The summed E-state index contributed by atoms with van der Waals surface area (Å²) in [5.74, 6) is 1.35. The van der Waals surface area contributed by atoms with E-state index in [0.717, 1.165) is 11.3 Å². The molecule has 0 aliphatic rings. The predicted molar refractivity (Wildman–Crippen MR) is 64.0 cm³/mol. The molecule has 0 saturated carbocycles. The molecule has 0 bridgehead atoms. The van der Waals surface area contributed by atoms with E-state index in [1.807, 2.05) is 6.92 Å². The van der Waals surface area contributed by atoms with Crippen molar-refractivity contribution in [2.45, 2.75) is 26.8 Å². The summed E-state index contributed by atoms with van der Waals surface area (Å²) in [6, 6.07) is 6.13. The van der Waals surface area contributed by atoms with E-state index >= 15 is 0 Å². The molecule has 1 aromatic heterocycles. The standard InChI is InChI=1S/C13H16N2O/c1-8-4-9(2)6-11(5-8)12-7-15-13(16-12)10(3)14/h4-7,10H,14H2,1-3H3. The largest absolute Gasteiger partial charge is 0.439 e. The number of benzene rings is 1. The Hall–Kier alpha value is -1.61. The molecule has 0 saturated heterocycles. The molecule has 0 fully saturated rings. The third kappa shape index (κ3) is 2.14. The van der Waals surface area contributed by atoms with Crippen LogP contribution in [0, 0.1) is 13.8 Å². The fraction of sp³-hybridized carbons (Fsp3) is 0.308. The number of rotatable bonds is 2. The second-order valence-corrected chi connectivity index (χ2v) is 4.23. The van der Waals surface area contributed by atoms with Crippen molar-refractivity contribution in [1.29, 1.82) is 0 Å². The van der Waals surface area contributed by atoms with Gasteiger partial charge in [-0.25, -0.2) is 4.98 Å². The normalized spacial score (nSPS) is 12.8. The number of hydrogen-bond donors (Lipinski definition) is 1. The van der Waals surface area contributed by atoms with Crippen molar-refractivity contribution in [3.05, 3.63) is 41.4 Å². The first-order valence-electron chi connectivity index (χ1n) is 5.36. The van der Waals surface area contributed by atoms with Gasteiger partial charge in [-0.1, -0.05) is 17.2 Å². The van der Waals surface area contributed by atoms with E-state index in [2.05, 4.69) is 37.0 Å². The summed E-state index contributed by atoms with van der Waals surface area (Å²) >= 11 is 0. The van der Waals surface area contributed by atoms with Crippen molar-refractivity contribution >= 4 is 0 Å². The molecule has 2 aromatic rings. The molecule has 0 aliphatic heterocycles. The minimum absolute atomic E-state index is 0.167. The molecule has 1 aromatic carbocycles. The zero-order valence-electron chi connectivity index (χ0n) is 9.82. The van der Waals surface area contributed by atoms with Crippen molar-refractivity contribution in [3.8, 4) is 11.3 Å². The maximum atomic E-state index is 5.71. The van der Waals surface area contributed by atoms with Crippen molar-refractivity contribution in [1.82, 2.24) is 4.98 Å². The molecule has 0 aliphatic carbocycles. The second-order valence-electron chi connectivity index (χ2n) is 4.23. The summed E-state index contributed by atoms with van der Waals surface area (Å²) in [5.41, 5.74) is 9.19. The van der Waals surface area contributed by atoms with Crippen LogP contribution in [0.5, 0.6) is 0 Å². The van der Waals surface area contributed by atoms with E-state index in [0.29, 0.717) is 5.89 Å². The van der Waals surface area contributed by atoms with Gasteiger partial charge in [0.1, 0.15) is 0 Å². The van der Waals surface area contributed by atoms with Crippen LogP contribution in [0.15, 0.2) is 28.8 Å². The predicted octanol–water partition coefficient (Wildman–Crippen LogP) is 2.98. The van der Waals surface area contributed by atoms with E-state index in [1.54, 1.807) is 6.20 Å². The highest BCUT2D eigenvalue weighted by molar-refractivity contribution is 5.58. The summed E-state index contributed by atoms with van der Waals surface area (Å²) in [6.07, 6.45) is 1.73. The Bertz CT molecular complexity index is 480. The summed E-state index contributed by atoms with van der Waals surface area (Å²) in [6.45, 7) is 6.00. The molecule has 3 nitrogen and oxygen atoms in total. The topological polar surface area (TPSA) is 52.0 Å². The number of nitrogens with zero attached hydrogens (tertiary/aromatic N) is 1. The van der Waals surface area contributed by atoms with Gasteiger partial charge in [-0.05, 0) is 32.9 Å². The fourth-order valence-electron chi connectivity index (χ4n) is 1.75. The van der Waals surface area contributed by atoms with Gasteiger partial charge in [0.2, 0.25) is 5.89 Å². The molecule has 0 radical (unpaired) electrons. The van der Waals surface area contributed by atoms with Crippen LogP contribution in [0.4, 0.5) is 0 Å². The SMILES string of the molecule is Cc1cc(C)cc(-c2cnc(C(C)N)o2)c1. The van der Waals surface area contributed by atoms with Crippen LogP contribution in [-0.4, -0.2) is 4.98 Å². The van der Waals surface area contributed by atoms with Gasteiger partial charge in [0.25, 0.3) is 0 Å². The van der Waals surface area contributed by atoms with E-state index < -0.39 is 0 Å². The summed E-state index contributed by atoms with van der Waals surface area (Å²) in [7, 11) is 0. The highest BCUT2D eigenvalue weighted by Gasteiger charge is 2.09. The summed E-state index contributed by atoms with van der Waals surface area (Å²) < 4.78 is 5.60. The zero-order valence-corrected chi connectivity index (χ0v) is 9.82. The van der Waals surface area contributed by atoms with Crippen LogP contribution in [0.1, 0.15) is 30.0 Å². The molecular formula is C13H16N2O. The van der Waals surface area contributed by atoms with Gasteiger partial charge in [0.15, 0.2) is 5.76 Å². The third-order valence-corrected chi connectivity index (χ3v) is 2.42. The van der Waals surface area contributed by atoms with E-state index in [-0.39, 0.29) is 6.04 Å². The molecule has 1 atom stereocenters. The summed E-state index contributed by atoms with van der Waals surface area (Å²) in [5, 5.41) is 0. The highest BCUT2D eigenvalue weighted by atomic mass is 16.4. The lowest BCUT2D eigenvalue weighted by molar-refractivity contribution is 0.473. The first-order chi connectivity index (χ1) is 7.56. The second kappa shape index (κ2) is 4.10. The Morgan fingerprint density at radius 2 is 1.81 bits per heavy atom. The first kappa shape index (κ1) is 10.9. The van der Waals surface area contributed by atoms with Gasteiger partial charge in [-0.2, -0.15) is 0 Å². The highest BCUT2D eigenvalue weighted by Crippen LogP contribution is 2.24. The van der Waals surface area contributed by atoms with Crippen LogP contribution >= 0.6 is 0 Å². The van der Waals surface area contributed by atoms with Gasteiger partial charge < -0.3 is 10.2 Å². The minimum Gasteiger partial charge on any atom is -0.439 e. The molecule has 16 heavy (non-hydrogen) atoms. The van der Waals surface area contributed by atoms with Crippen LogP contribution in [0.25, 0.3) is 11.3 Å². The first-order valence-corrected chi connectivity index (χ1v) is 5.36. The zero-order chi connectivity index (χ0) is 11.7. The Morgan fingerprint density at radius 1 is 1.19 bits per heavy atom. The number of aryl methyl sites for hydroxylation is 2. The number of aromatic nitrogens is 1. The van der Waals surface area contributed by atoms with E-state index in [9.17, 15) is 0 Å². The molecule has 84 valence electrons. The molecule has 0 amide bonds. The lowest BCUT2D eigenvalue weighted by atomic mass is 10.1. The number of oxazole rings is 1. The number of hydrogen-bond acceptors (Lipinski definition) is 3. The van der Waals surface area contributed by atoms with Gasteiger partial charge in [-0.3, -0.25) is 0 Å². The van der Waals surface area contributed by atoms with Gasteiger partial charge in [-0.15, -0.1) is 0 Å². The van der Waals surface area contributed by atoms with Gasteiger partial charge in [0.05, 0.1) is 12.2 Å². The number of nitrogens with two attached hydrogens (primary N) is 1. The molecule has 0 spiro atoms. The van der Waals surface area contributed by atoms with Crippen LogP contribution in [0.3, 0.4) is 0 Å². The maximum Gasteiger partial charge on any atom is 0.211 e. The van der Waals surface area contributed by atoms with Crippen LogP contribution < -0.4 is 5.73 Å². The van der Waals surface area contributed by atoms with Crippen molar-refractivity contribution in [2.75, 3.05) is 0 Å². The molecule has 1 heterocycles. The maximum absolute atomic E-state index is 5.71. The van der Waals surface area contributed by atoms with Gasteiger partial charge >= 0.3 is 0 Å². The monoisotopic (exact) mass is 216 g/mol. The Morgan fingerprint density at radius 3 is 2.31 bits per heavy atom. The van der Waals surface area contributed by atoms with Gasteiger partial charge in [0, 0.05) is 5.56 Å². The molecule has 1 unspecified atom stereocenters. The Labute approximate surface area is 95.3 Å². The molecule has 3 heteroatoms. The minimum atomic E-state index is -0.167. The Kier molecular flexibility index (Phi) is 2.79. The molecule has 2 rings (SSSR count). The molecule has 2 N–H and O–H groups in total. The quantitative estimate of drug-likeness (QED) is 0.839.